The molecule has 0 amide bonds. The average molecular weight is 204 g/mol. The van der Waals surface area contributed by atoms with Gasteiger partial charge in [0.2, 0.25) is 0 Å². The highest BCUT2D eigenvalue weighted by atomic mass is 19.1. The number of nitrogens with zero attached hydrogens (tertiary/aromatic N) is 1. The Morgan fingerprint density at radius 3 is 2.40 bits per heavy atom. The Labute approximate surface area is 88.1 Å². The van der Waals surface area contributed by atoms with E-state index >= 15 is 0 Å². The first-order valence-electron chi connectivity index (χ1n) is 4.81. The van der Waals surface area contributed by atoms with E-state index in [-0.39, 0.29) is 11.9 Å². The first kappa shape index (κ1) is 9.93. The smallest absolute Gasteiger partial charge is 0.123 e. The summed E-state index contributed by atoms with van der Waals surface area (Å²) in [7, 11) is 1.94. The van der Waals surface area contributed by atoms with Crippen molar-refractivity contribution in [3.05, 3.63) is 59.7 Å². The lowest BCUT2D eigenvalue weighted by atomic mass is 10.0. The number of hydrogen-bond donors (Lipinski definition) is 1. The Morgan fingerprint density at radius 2 is 1.87 bits per heavy atom. The molecule has 2 rings (SSSR count). The Morgan fingerprint density at radius 1 is 1.20 bits per heavy atom. The van der Waals surface area contributed by atoms with Crippen LogP contribution in [0.3, 0.4) is 0 Å². The van der Waals surface area contributed by atoms with Gasteiger partial charge < -0.3 is 10.3 Å². The van der Waals surface area contributed by atoms with E-state index in [0.717, 1.165) is 11.3 Å². The molecule has 0 radical (unpaired) electrons. The van der Waals surface area contributed by atoms with Crippen molar-refractivity contribution in [2.75, 3.05) is 0 Å². The van der Waals surface area contributed by atoms with E-state index in [4.69, 9.17) is 5.73 Å². The Balaban J connectivity index is 2.32. The fraction of sp³-hybridized carbons (Fsp3) is 0.167. The summed E-state index contributed by atoms with van der Waals surface area (Å²) in [6.45, 7) is 0. The molecule has 0 aliphatic rings. The van der Waals surface area contributed by atoms with Gasteiger partial charge in [-0.05, 0) is 29.8 Å². The van der Waals surface area contributed by atoms with Gasteiger partial charge in [0.25, 0.3) is 0 Å². The lowest BCUT2D eigenvalue weighted by molar-refractivity contribution is 0.625. The van der Waals surface area contributed by atoms with E-state index in [1.165, 1.54) is 12.1 Å². The van der Waals surface area contributed by atoms with Gasteiger partial charge in [0.15, 0.2) is 0 Å². The summed E-state index contributed by atoms with van der Waals surface area (Å²) in [5.74, 6) is -0.238. The molecular weight excluding hydrogens is 191 g/mol. The second kappa shape index (κ2) is 3.87. The van der Waals surface area contributed by atoms with Crippen LogP contribution in [0, 0.1) is 5.82 Å². The summed E-state index contributed by atoms with van der Waals surface area (Å²) in [6, 6.07) is 9.99. The molecule has 0 aliphatic heterocycles. The normalized spacial score (nSPS) is 12.7. The molecule has 1 aromatic carbocycles. The summed E-state index contributed by atoms with van der Waals surface area (Å²) in [4.78, 5) is 0. The molecule has 78 valence electrons. The number of rotatable bonds is 2. The van der Waals surface area contributed by atoms with Gasteiger partial charge in [0.05, 0.1) is 6.04 Å². The average Bonchev–Trinajstić information content (AvgIpc) is 2.65. The van der Waals surface area contributed by atoms with E-state index in [1.54, 1.807) is 12.1 Å². The minimum Gasteiger partial charge on any atom is -0.353 e. The third kappa shape index (κ3) is 1.92. The van der Waals surface area contributed by atoms with Crippen LogP contribution in [0.5, 0.6) is 0 Å². The molecule has 1 heterocycles. The third-order valence-electron chi connectivity index (χ3n) is 2.53. The van der Waals surface area contributed by atoms with Gasteiger partial charge in [-0.25, -0.2) is 4.39 Å². The fourth-order valence-corrected chi connectivity index (χ4v) is 1.64. The maximum Gasteiger partial charge on any atom is 0.123 e. The lowest BCUT2D eigenvalue weighted by Gasteiger charge is -2.13. The Bertz CT molecular complexity index is 445. The molecule has 0 bridgehead atoms. The molecule has 1 atom stereocenters. The number of nitrogens with two attached hydrogens (primary N) is 1. The van der Waals surface area contributed by atoms with Gasteiger partial charge in [-0.1, -0.05) is 12.1 Å². The number of aryl methyl sites for hydroxylation is 1. The zero-order valence-corrected chi connectivity index (χ0v) is 8.52. The molecule has 1 aromatic heterocycles. The largest absolute Gasteiger partial charge is 0.353 e. The minimum atomic E-state index is -0.238. The van der Waals surface area contributed by atoms with Crippen LogP contribution in [0.2, 0.25) is 0 Å². The van der Waals surface area contributed by atoms with Gasteiger partial charge in [-0.15, -0.1) is 0 Å². The van der Waals surface area contributed by atoms with Crippen molar-refractivity contribution >= 4 is 0 Å². The number of benzene rings is 1. The second-order valence-electron chi connectivity index (χ2n) is 3.57. The predicted octanol–water partition coefficient (Wildman–Crippen LogP) is 2.21. The number of halogens is 1. The van der Waals surface area contributed by atoms with Crippen LogP contribution >= 0.6 is 0 Å². The van der Waals surface area contributed by atoms with Crippen LogP contribution in [-0.2, 0) is 7.05 Å². The first-order valence-corrected chi connectivity index (χ1v) is 4.81. The highest BCUT2D eigenvalue weighted by Crippen LogP contribution is 2.19. The van der Waals surface area contributed by atoms with Gasteiger partial charge >= 0.3 is 0 Å². The highest BCUT2D eigenvalue weighted by Gasteiger charge is 2.10. The zero-order valence-electron chi connectivity index (χ0n) is 8.52. The molecule has 0 fully saturated rings. The van der Waals surface area contributed by atoms with E-state index < -0.39 is 0 Å². The summed E-state index contributed by atoms with van der Waals surface area (Å²) in [5, 5.41) is 0. The van der Waals surface area contributed by atoms with Crippen LogP contribution in [0.1, 0.15) is 17.3 Å². The van der Waals surface area contributed by atoms with E-state index in [2.05, 4.69) is 0 Å². The summed E-state index contributed by atoms with van der Waals surface area (Å²) in [6.07, 6.45) is 1.94. The van der Waals surface area contributed by atoms with Gasteiger partial charge in [0.1, 0.15) is 5.82 Å². The van der Waals surface area contributed by atoms with Crippen LogP contribution in [-0.4, -0.2) is 4.57 Å². The van der Waals surface area contributed by atoms with E-state index in [0.29, 0.717) is 0 Å². The van der Waals surface area contributed by atoms with Gasteiger partial charge in [-0.3, -0.25) is 0 Å². The molecule has 15 heavy (non-hydrogen) atoms. The van der Waals surface area contributed by atoms with Crippen molar-refractivity contribution in [1.29, 1.82) is 0 Å². The molecule has 2 N–H and O–H groups in total. The molecule has 2 nitrogen and oxygen atoms in total. The maximum atomic E-state index is 12.7. The molecule has 0 saturated heterocycles. The van der Waals surface area contributed by atoms with Gasteiger partial charge in [0, 0.05) is 18.9 Å². The van der Waals surface area contributed by atoms with Crippen LogP contribution < -0.4 is 5.73 Å². The van der Waals surface area contributed by atoms with Crippen molar-refractivity contribution in [3.63, 3.8) is 0 Å². The van der Waals surface area contributed by atoms with E-state index in [1.807, 2.05) is 29.9 Å². The topological polar surface area (TPSA) is 30.9 Å². The Kier molecular flexibility index (Phi) is 2.56. The highest BCUT2D eigenvalue weighted by molar-refractivity contribution is 5.28. The monoisotopic (exact) mass is 204 g/mol. The van der Waals surface area contributed by atoms with Gasteiger partial charge in [-0.2, -0.15) is 0 Å². The minimum absolute atomic E-state index is 0.203. The molecule has 0 aliphatic carbocycles. The summed E-state index contributed by atoms with van der Waals surface area (Å²) < 4.78 is 14.7. The quantitative estimate of drug-likeness (QED) is 0.798. The molecule has 1 unspecified atom stereocenters. The first-order chi connectivity index (χ1) is 7.18. The molecular formula is C12H13FN2. The predicted molar refractivity (Wildman–Crippen MR) is 57.8 cm³/mol. The van der Waals surface area contributed by atoms with Crippen molar-refractivity contribution in [1.82, 2.24) is 4.57 Å². The summed E-state index contributed by atoms with van der Waals surface area (Å²) >= 11 is 0. The second-order valence-corrected chi connectivity index (χ2v) is 3.57. The molecule has 2 aromatic rings. The number of aromatic nitrogens is 1. The van der Waals surface area contributed by atoms with Crippen molar-refractivity contribution in [2.24, 2.45) is 12.8 Å². The lowest BCUT2D eigenvalue weighted by Crippen LogP contribution is -2.15. The fourth-order valence-electron chi connectivity index (χ4n) is 1.64. The SMILES string of the molecule is Cn1cccc1C(N)c1ccc(F)cc1. The third-order valence-corrected chi connectivity index (χ3v) is 2.53. The summed E-state index contributed by atoms with van der Waals surface area (Å²) in [5.41, 5.74) is 8.00. The van der Waals surface area contributed by atoms with Crippen molar-refractivity contribution in [2.45, 2.75) is 6.04 Å². The maximum absolute atomic E-state index is 12.7. The Hall–Kier alpha value is -1.61. The standard InChI is InChI=1S/C12H13FN2/c1-15-8-2-3-11(15)12(14)9-4-6-10(13)7-5-9/h2-8,12H,14H2,1H3. The number of hydrogen-bond acceptors (Lipinski definition) is 1. The molecule has 3 heteroatoms. The van der Waals surface area contributed by atoms with Crippen molar-refractivity contribution < 1.29 is 4.39 Å². The molecule has 0 spiro atoms. The van der Waals surface area contributed by atoms with E-state index in [9.17, 15) is 4.39 Å². The molecule has 0 saturated carbocycles. The zero-order chi connectivity index (χ0) is 10.8. The van der Waals surface area contributed by atoms with Crippen LogP contribution in [0.4, 0.5) is 4.39 Å². The van der Waals surface area contributed by atoms with Crippen LogP contribution in [0.15, 0.2) is 42.6 Å². The van der Waals surface area contributed by atoms with Crippen molar-refractivity contribution in [3.8, 4) is 0 Å². The van der Waals surface area contributed by atoms with Crippen LogP contribution in [0.25, 0.3) is 0 Å².